The van der Waals surface area contributed by atoms with Gasteiger partial charge in [0.15, 0.2) is 12.6 Å². The van der Waals surface area contributed by atoms with Gasteiger partial charge in [-0.25, -0.2) is 4.79 Å². The van der Waals surface area contributed by atoms with E-state index in [1.165, 1.54) is 6.92 Å². The Morgan fingerprint density at radius 1 is 1.25 bits per heavy atom. The number of rotatable bonds is 2. The molecule has 0 heterocycles. The van der Waals surface area contributed by atoms with E-state index in [0.717, 1.165) is 0 Å². The summed E-state index contributed by atoms with van der Waals surface area (Å²) in [5.41, 5.74) is 0.176. The SMILES string of the molecule is C=C.C=C(C)C(=O)O.O=CC=O. The lowest BCUT2D eigenvalue weighted by atomic mass is 10.4. The summed E-state index contributed by atoms with van der Waals surface area (Å²) in [5, 5.41) is 7.89. The average Bonchev–Trinajstić information content (AvgIpc) is 2.08. The molecule has 0 fully saturated rings. The first-order valence-electron chi connectivity index (χ1n) is 2.84. The van der Waals surface area contributed by atoms with Crippen molar-refractivity contribution >= 4 is 18.5 Å². The summed E-state index contributed by atoms with van der Waals surface area (Å²) in [4.78, 5) is 27.2. The number of carboxylic acids is 1. The van der Waals surface area contributed by atoms with E-state index in [9.17, 15) is 4.79 Å². The van der Waals surface area contributed by atoms with Crippen LogP contribution in [-0.2, 0) is 14.4 Å². The summed E-state index contributed by atoms with van der Waals surface area (Å²) >= 11 is 0. The molecule has 4 nitrogen and oxygen atoms in total. The highest BCUT2D eigenvalue weighted by Crippen LogP contribution is 1.81. The van der Waals surface area contributed by atoms with Gasteiger partial charge in [-0.05, 0) is 6.92 Å². The number of hydrogen-bond acceptors (Lipinski definition) is 3. The van der Waals surface area contributed by atoms with Gasteiger partial charge in [0.05, 0.1) is 0 Å². The van der Waals surface area contributed by atoms with Crippen LogP contribution < -0.4 is 0 Å². The lowest BCUT2D eigenvalue weighted by molar-refractivity contribution is -0.132. The van der Waals surface area contributed by atoms with E-state index < -0.39 is 5.97 Å². The zero-order valence-corrected chi connectivity index (χ0v) is 6.95. The van der Waals surface area contributed by atoms with Crippen molar-refractivity contribution in [3.05, 3.63) is 25.3 Å². The van der Waals surface area contributed by atoms with Gasteiger partial charge in [0, 0.05) is 5.57 Å². The Morgan fingerprint density at radius 3 is 1.42 bits per heavy atom. The molecule has 0 aliphatic rings. The molecule has 1 N–H and O–H groups in total. The van der Waals surface area contributed by atoms with E-state index in [1.807, 2.05) is 0 Å². The molecule has 0 saturated heterocycles. The average molecular weight is 172 g/mol. The lowest BCUT2D eigenvalue weighted by Crippen LogP contribution is -1.92. The van der Waals surface area contributed by atoms with Gasteiger partial charge in [-0.15, -0.1) is 13.2 Å². The molecule has 0 aromatic rings. The molecule has 0 amide bonds. The molecule has 0 rings (SSSR count). The van der Waals surface area contributed by atoms with Crippen molar-refractivity contribution in [1.29, 1.82) is 0 Å². The molecule has 0 spiro atoms. The van der Waals surface area contributed by atoms with Crippen LogP contribution in [0.1, 0.15) is 6.92 Å². The molecule has 0 aromatic carbocycles. The van der Waals surface area contributed by atoms with Gasteiger partial charge >= 0.3 is 5.97 Å². The normalized spacial score (nSPS) is 5.75. The monoisotopic (exact) mass is 172 g/mol. The third kappa shape index (κ3) is 40.7. The number of aldehydes is 2. The maximum Gasteiger partial charge on any atom is 0.330 e. The standard InChI is InChI=1S/C4H6O2.C2H2O2.C2H4/c1-3(2)4(5)6;3-1-2-4;1-2/h1H2,2H3,(H,5,6);1-2H;1-2H2. The Labute approximate surface area is 71.2 Å². The molecule has 0 radical (unpaired) electrons. The predicted octanol–water partition coefficient (Wildman–Crippen LogP) is 0.833. The highest BCUT2D eigenvalue weighted by Gasteiger charge is 1.90. The van der Waals surface area contributed by atoms with Gasteiger partial charge in [0.1, 0.15) is 0 Å². The summed E-state index contributed by atoms with van der Waals surface area (Å²) in [7, 11) is 0. The van der Waals surface area contributed by atoms with Crippen LogP contribution in [0.15, 0.2) is 25.3 Å². The second-order valence-corrected chi connectivity index (χ2v) is 1.36. The van der Waals surface area contributed by atoms with Crippen molar-refractivity contribution in [3.63, 3.8) is 0 Å². The minimum atomic E-state index is -0.935. The van der Waals surface area contributed by atoms with Crippen LogP contribution in [0.3, 0.4) is 0 Å². The number of hydrogen-bond donors (Lipinski definition) is 1. The van der Waals surface area contributed by atoms with Crippen LogP contribution in [0.5, 0.6) is 0 Å². The second-order valence-electron chi connectivity index (χ2n) is 1.36. The summed E-state index contributed by atoms with van der Waals surface area (Å²) in [5.74, 6) is -0.935. The number of carbonyl (C=O) groups excluding carboxylic acids is 2. The molecule has 4 heteroatoms. The van der Waals surface area contributed by atoms with E-state index in [0.29, 0.717) is 0 Å². The van der Waals surface area contributed by atoms with Crippen LogP contribution in [0.25, 0.3) is 0 Å². The van der Waals surface area contributed by atoms with Gasteiger partial charge in [-0.1, -0.05) is 6.58 Å². The van der Waals surface area contributed by atoms with E-state index in [-0.39, 0.29) is 18.1 Å². The first-order chi connectivity index (χ1) is 5.56. The van der Waals surface area contributed by atoms with Gasteiger partial charge < -0.3 is 5.11 Å². The third-order valence-electron chi connectivity index (χ3n) is 0.421. The van der Waals surface area contributed by atoms with E-state index >= 15 is 0 Å². The Bertz CT molecular complexity index is 142. The Hall–Kier alpha value is -1.71. The fourth-order valence-electron chi connectivity index (χ4n) is 0. The van der Waals surface area contributed by atoms with Crippen LogP contribution in [0.2, 0.25) is 0 Å². The first kappa shape index (κ1) is 16.7. The Balaban J connectivity index is -0.000000118. The smallest absolute Gasteiger partial charge is 0.330 e. The van der Waals surface area contributed by atoms with E-state index in [2.05, 4.69) is 19.7 Å². The molecule has 0 aliphatic carbocycles. The number of carbonyl (C=O) groups is 3. The van der Waals surface area contributed by atoms with Crippen molar-refractivity contribution in [2.24, 2.45) is 0 Å². The third-order valence-corrected chi connectivity index (χ3v) is 0.421. The van der Waals surface area contributed by atoms with Crippen LogP contribution in [0, 0.1) is 0 Å². The second kappa shape index (κ2) is 16.1. The maximum absolute atomic E-state index is 9.60. The molecule has 0 saturated carbocycles. The van der Waals surface area contributed by atoms with Crippen molar-refractivity contribution in [2.75, 3.05) is 0 Å². The van der Waals surface area contributed by atoms with Crippen LogP contribution in [0.4, 0.5) is 0 Å². The molecule has 0 atom stereocenters. The van der Waals surface area contributed by atoms with E-state index in [4.69, 9.17) is 14.7 Å². The zero-order chi connectivity index (χ0) is 10.6. The van der Waals surface area contributed by atoms with Gasteiger partial charge in [0.2, 0.25) is 0 Å². The number of carboxylic acid groups (broad SMARTS) is 1. The topological polar surface area (TPSA) is 71.4 Å². The minimum absolute atomic E-state index is 0.176. The highest BCUT2D eigenvalue weighted by molar-refractivity contribution is 6.09. The maximum atomic E-state index is 9.60. The van der Waals surface area contributed by atoms with Crippen molar-refractivity contribution in [3.8, 4) is 0 Å². The predicted molar refractivity (Wildman–Crippen MR) is 45.8 cm³/mol. The van der Waals surface area contributed by atoms with Crippen molar-refractivity contribution in [2.45, 2.75) is 6.92 Å². The zero-order valence-electron chi connectivity index (χ0n) is 6.95. The molecular formula is C8H12O4. The molecule has 12 heavy (non-hydrogen) atoms. The summed E-state index contributed by atoms with van der Waals surface area (Å²) in [6.07, 6.45) is 0.389. The van der Waals surface area contributed by atoms with E-state index in [1.54, 1.807) is 0 Å². The first-order valence-corrected chi connectivity index (χ1v) is 2.84. The lowest BCUT2D eigenvalue weighted by Gasteiger charge is -1.79. The molecule has 0 unspecified atom stereocenters. The van der Waals surface area contributed by atoms with Crippen molar-refractivity contribution < 1.29 is 19.5 Å². The van der Waals surface area contributed by atoms with Gasteiger partial charge in [-0.2, -0.15) is 0 Å². The van der Waals surface area contributed by atoms with Crippen LogP contribution in [-0.4, -0.2) is 23.6 Å². The largest absolute Gasteiger partial charge is 0.478 e. The summed E-state index contributed by atoms with van der Waals surface area (Å²) in [6, 6.07) is 0. The van der Waals surface area contributed by atoms with Crippen LogP contribution >= 0.6 is 0 Å². The molecule has 0 aliphatic heterocycles. The number of aliphatic carboxylic acids is 1. The van der Waals surface area contributed by atoms with Crippen molar-refractivity contribution in [1.82, 2.24) is 0 Å². The van der Waals surface area contributed by atoms with Gasteiger partial charge in [0.25, 0.3) is 0 Å². The Morgan fingerprint density at radius 2 is 1.42 bits per heavy atom. The highest BCUT2D eigenvalue weighted by atomic mass is 16.4. The molecular weight excluding hydrogens is 160 g/mol. The molecule has 0 aromatic heterocycles. The van der Waals surface area contributed by atoms with Gasteiger partial charge in [-0.3, -0.25) is 9.59 Å². The summed E-state index contributed by atoms with van der Waals surface area (Å²) < 4.78 is 0. The molecule has 0 bridgehead atoms. The minimum Gasteiger partial charge on any atom is -0.478 e. The quantitative estimate of drug-likeness (QED) is 0.290. The Kier molecular flexibility index (Phi) is 22.5. The summed E-state index contributed by atoms with van der Waals surface area (Å²) in [6.45, 7) is 10.6. The molecule has 68 valence electrons. The fourth-order valence-corrected chi connectivity index (χ4v) is 0. The fraction of sp³-hybridized carbons (Fsp3) is 0.125.